The molecule has 0 aromatic rings. The van der Waals surface area contributed by atoms with E-state index in [2.05, 4.69) is 4.99 Å². The molecule has 88 valence electrons. The van der Waals surface area contributed by atoms with Crippen LogP contribution in [0.4, 0.5) is 4.79 Å². The van der Waals surface area contributed by atoms with Crippen LogP contribution in [0.5, 0.6) is 0 Å². The number of rotatable bonds is 1. The van der Waals surface area contributed by atoms with Gasteiger partial charge < -0.3 is 15.3 Å². The van der Waals surface area contributed by atoms with Crippen molar-refractivity contribution in [1.29, 1.82) is 0 Å². The van der Waals surface area contributed by atoms with Gasteiger partial charge in [-0.05, 0) is 20.8 Å². The van der Waals surface area contributed by atoms with Crippen LogP contribution in [0.1, 0.15) is 20.8 Å². The summed E-state index contributed by atoms with van der Waals surface area (Å²) in [5, 5.41) is 0. The lowest BCUT2D eigenvalue weighted by Crippen LogP contribution is -2.43. The van der Waals surface area contributed by atoms with Crippen LogP contribution in [0.25, 0.3) is 0 Å². The fraction of sp³-hybridized carbons (Fsp3) is 0.500. The van der Waals surface area contributed by atoms with Gasteiger partial charge in [-0.15, -0.1) is 0 Å². The number of nitrogens with two attached hydrogens (primary N) is 1. The smallest absolute Gasteiger partial charge is 0.415 e. The number of aliphatic imine (C=N–C) groups is 1. The van der Waals surface area contributed by atoms with Crippen LogP contribution >= 0.6 is 0 Å². The van der Waals surface area contributed by atoms with E-state index in [1.54, 1.807) is 20.8 Å². The molecule has 6 heteroatoms. The normalized spacial score (nSPS) is 20.3. The van der Waals surface area contributed by atoms with E-state index in [4.69, 9.17) is 10.5 Å². The van der Waals surface area contributed by atoms with E-state index in [0.717, 1.165) is 4.90 Å². The minimum Gasteiger partial charge on any atom is -0.443 e. The molecule has 0 saturated heterocycles. The Balaban J connectivity index is 2.81. The number of nitrogens with zero attached hydrogens (tertiary/aromatic N) is 2. The minimum absolute atomic E-state index is 0.156. The van der Waals surface area contributed by atoms with Gasteiger partial charge in [0.05, 0.1) is 6.20 Å². The topological polar surface area (TPSA) is 85.0 Å². The SMILES string of the molecule is CC(C)(C)OC(=O)N1C=C(N)N=CC1C=O. The van der Waals surface area contributed by atoms with Gasteiger partial charge in [0.2, 0.25) is 0 Å². The van der Waals surface area contributed by atoms with Gasteiger partial charge in [0.1, 0.15) is 23.8 Å². The number of carbonyl (C=O) groups is 2. The highest BCUT2D eigenvalue weighted by Crippen LogP contribution is 2.14. The summed E-state index contributed by atoms with van der Waals surface area (Å²) >= 11 is 0. The molecule has 1 aliphatic heterocycles. The quantitative estimate of drug-likeness (QED) is 0.663. The molecule has 1 amide bonds. The van der Waals surface area contributed by atoms with Crippen molar-refractivity contribution >= 4 is 18.6 Å². The van der Waals surface area contributed by atoms with Crippen molar-refractivity contribution in [2.45, 2.75) is 32.4 Å². The maximum absolute atomic E-state index is 11.7. The van der Waals surface area contributed by atoms with Gasteiger partial charge in [-0.2, -0.15) is 0 Å². The van der Waals surface area contributed by atoms with Gasteiger partial charge >= 0.3 is 6.09 Å². The molecule has 1 unspecified atom stereocenters. The highest BCUT2D eigenvalue weighted by molar-refractivity contribution is 5.91. The number of hydrogen-bond acceptors (Lipinski definition) is 5. The van der Waals surface area contributed by atoms with E-state index in [1.807, 2.05) is 0 Å². The molecule has 1 rings (SSSR count). The summed E-state index contributed by atoms with van der Waals surface area (Å²) in [6.07, 6.45) is 2.55. The molecule has 2 N–H and O–H groups in total. The fourth-order valence-corrected chi connectivity index (χ4v) is 1.09. The molecule has 0 spiro atoms. The first-order valence-corrected chi connectivity index (χ1v) is 4.81. The maximum atomic E-state index is 11.7. The molecule has 0 bridgehead atoms. The van der Waals surface area contributed by atoms with Gasteiger partial charge in [0.25, 0.3) is 0 Å². The lowest BCUT2D eigenvalue weighted by Gasteiger charge is -2.28. The van der Waals surface area contributed by atoms with E-state index >= 15 is 0 Å². The fourth-order valence-electron chi connectivity index (χ4n) is 1.09. The zero-order chi connectivity index (χ0) is 12.3. The summed E-state index contributed by atoms with van der Waals surface area (Å²) < 4.78 is 5.12. The lowest BCUT2D eigenvalue weighted by atomic mass is 10.2. The van der Waals surface area contributed by atoms with Crippen molar-refractivity contribution in [3.63, 3.8) is 0 Å². The van der Waals surface area contributed by atoms with E-state index in [0.29, 0.717) is 6.29 Å². The second-order valence-electron chi connectivity index (χ2n) is 4.35. The number of hydrogen-bond donors (Lipinski definition) is 1. The van der Waals surface area contributed by atoms with Crippen molar-refractivity contribution < 1.29 is 14.3 Å². The highest BCUT2D eigenvalue weighted by Gasteiger charge is 2.27. The Labute approximate surface area is 93.8 Å². The Morgan fingerprint density at radius 1 is 1.62 bits per heavy atom. The summed E-state index contributed by atoms with van der Waals surface area (Å²) in [5.41, 5.74) is 4.82. The molecule has 1 atom stereocenters. The average molecular weight is 225 g/mol. The van der Waals surface area contributed by atoms with Gasteiger partial charge in [0.15, 0.2) is 0 Å². The Hall–Kier alpha value is -1.85. The third-order valence-electron chi connectivity index (χ3n) is 1.71. The van der Waals surface area contributed by atoms with Crippen LogP contribution in [0, 0.1) is 0 Å². The maximum Gasteiger partial charge on any atom is 0.415 e. The van der Waals surface area contributed by atoms with Crippen molar-refractivity contribution in [3.8, 4) is 0 Å². The molecule has 1 heterocycles. The van der Waals surface area contributed by atoms with Crippen molar-refractivity contribution in [3.05, 3.63) is 12.0 Å². The predicted molar refractivity (Wildman–Crippen MR) is 58.7 cm³/mol. The molecule has 0 aliphatic carbocycles. The minimum atomic E-state index is -0.762. The summed E-state index contributed by atoms with van der Waals surface area (Å²) in [6, 6.07) is -0.762. The standard InChI is InChI=1S/C10H15N3O3/c1-10(2,3)16-9(15)13-5-8(11)12-4-7(13)6-14/h4-7H,11H2,1-3H3. The summed E-state index contributed by atoms with van der Waals surface area (Å²) in [4.78, 5) is 27.3. The molecule has 0 aromatic heterocycles. The second-order valence-corrected chi connectivity index (χ2v) is 4.35. The number of aldehydes is 1. The average Bonchev–Trinajstić information content (AvgIpc) is 2.15. The first kappa shape index (κ1) is 12.2. The Kier molecular flexibility index (Phi) is 3.31. The first-order valence-electron chi connectivity index (χ1n) is 4.81. The largest absolute Gasteiger partial charge is 0.443 e. The molecule has 0 saturated carbocycles. The first-order chi connectivity index (χ1) is 7.33. The number of ether oxygens (including phenoxy) is 1. The van der Waals surface area contributed by atoms with E-state index in [9.17, 15) is 9.59 Å². The predicted octanol–water partition coefficient (Wildman–Crippen LogP) is 0.633. The number of amides is 1. The summed E-state index contributed by atoms with van der Waals surface area (Å²) in [5.74, 6) is 0.156. The number of carbonyl (C=O) groups excluding carboxylic acids is 2. The Morgan fingerprint density at radius 3 is 2.75 bits per heavy atom. The molecular weight excluding hydrogens is 210 g/mol. The van der Waals surface area contributed by atoms with Crippen LogP contribution < -0.4 is 5.73 Å². The zero-order valence-corrected chi connectivity index (χ0v) is 9.51. The van der Waals surface area contributed by atoms with Crippen LogP contribution in [-0.4, -0.2) is 35.1 Å². The lowest BCUT2D eigenvalue weighted by molar-refractivity contribution is -0.109. The van der Waals surface area contributed by atoms with E-state index in [-0.39, 0.29) is 5.82 Å². The molecule has 16 heavy (non-hydrogen) atoms. The molecule has 0 aromatic carbocycles. The second kappa shape index (κ2) is 4.34. The van der Waals surface area contributed by atoms with Crippen LogP contribution in [0.3, 0.4) is 0 Å². The monoisotopic (exact) mass is 225 g/mol. The van der Waals surface area contributed by atoms with E-state index in [1.165, 1.54) is 12.4 Å². The van der Waals surface area contributed by atoms with Crippen LogP contribution in [-0.2, 0) is 9.53 Å². The third kappa shape index (κ3) is 3.08. The Morgan fingerprint density at radius 2 is 2.25 bits per heavy atom. The molecule has 6 nitrogen and oxygen atoms in total. The van der Waals surface area contributed by atoms with Crippen molar-refractivity contribution in [1.82, 2.24) is 4.90 Å². The highest BCUT2D eigenvalue weighted by atomic mass is 16.6. The molecular formula is C10H15N3O3. The third-order valence-corrected chi connectivity index (χ3v) is 1.71. The van der Waals surface area contributed by atoms with Crippen molar-refractivity contribution in [2.24, 2.45) is 10.7 Å². The molecule has 0 radical (unpaired) electrons. The van der Waals surface area contributed by atoms with Gasteiger partial charge in [-0.25, -0.2) is 9.79 Å². The molecule has 0 fully saturated rings. The van der Waals surface area contributed by atoms with Gasteiger partial charge in [-0.3, -0.25) is 4.90 Å². The Bertz CT molecular complexity index is 355. The summed E-state index contributed by atoms with van der Waals surface area (Å²) in [6.45, 7) is 5.23. The summed E-state index contributed by atoms with van der Waals surface area (Å²) in [7, 11) is 0. The van der Waals surface area contributed by atoms with E-state index < -0.39 is 17.7 Å². The van der Waals surface area contributed by atoms with Crippen LogP contribution in [0.15, 0.2) is 17.0 Å². The van der Waals surface area contributed by atoms with Gasteiger partial charge in [-0.1, -0.05) is 0 Å². The molecule has 1 aliphatic rings. The van der Waals surface area contributed by atoms with Crippen molar-refractivity contribution in [2.75, 3.05) is 0 Å². The van der Waals surface area contributed by atoms with Crippen LogP contribution in [0.2, 0.25) is 0 Å². The zero-order valence-electron chi connectivity index (χ0n) is 9.51. The van der Waals surface area contributed by atoms with Gasteiger partial charge in [0, 0.05) is 6.21 Å².